The fourth-order valence-electron chi connectivity index (χ4n) is 0.881. The largest absolute Gasteiger partial charge is 0.294 e. The van der Waals surface area contributed by atoms with Crippen LogP contribution in [0.4, 0.5) is 0 Å². The molecule has 1 heterocycles. The second-order valence-electron chi connectivity index (χ2n) is 2.71. The van der Waals surface area contributed by atoms with E-state index in [9.17, 15) is 4.79 Å². The minimum Gasteiger partial charge on any atom is -0.294 e. The predicted molar refractivity (Wildman–Crippen MR) is 41.0 cm³/mol. The van der Waals surface area contributed by atoms with Crippen molar-refractivity contribution in [1.82, 2.24) is 0 Å². The van der Waals surface area contributed by atoms with Crippen LogP contribution in [0.3, 0.4) is 0 Å². The summed E-state index contributed by atoms with van der Waals surface area (Å²) in [6.45, 7) is 3.81. The van der Waals surface area contributed by atoms with Gasteiger partial charge in [-0.3, -0.25) is 9.79 Å². The van der Waals surface area contributed by atoms with E-state index in [2.05, 4.69) is 4.99 Å². The molecule has 2 heteroatoms. The van der Waals surface area contributed by atoms with Crippen LogP contribution in [0, 0.1) is 5.92 Å². The average Bonchev–Trinajstić information content (AvgIpc) is 2.36. The van der Waals surface area contributed by atoms with Crippen LogP contribution in [0.1, 0.15) is 20.3 Å². The Morgan fingerprint density at radius 3 is 2.80 bits per heavy atom. The molecule has 0 aromatic heterocycles. The topological polar surface area (TPSA) is 29.4 Å². The molecule has 1 rings (SSSR count). The molecule has 0 spiro atoms. The fraction of sp³-hybridized carbons (Fsp3) is 0.500. The molecule has 1 aliphatic heterocycles. The van der Waals surface area contributed by atoms with E-state index in [1.165, 1.54) is 0 Å². The molecule has 0 N–H and O–H groups in total. The molecular formula is C8H11NO. The summed E-state index contributed by atoms with van der Waals surface area (Å²) in [6, 6.07) is 0. The zero-order valence-corrected chi connectivity index (χ0v) is 6.29. The van der Waals surface area contributed by atoms with E-state index in [4.69, 9.17) is 0 Å². The SMILES string of the molecule is CC(C)C(=O)C1=CN=CC1. The summed E-state index contributed by atoms with van der Waals surface area (Å²) in [5.41, 5.74) is 0.843. The number of allylic oxidation sites excluding steroid dienone is 1. The molecule has 0 unspecified atom stereocenters. The van der Waals surface area contributed by atoms with E-state index < -0.39 is 0 Å². The van der Waals surface area contributed by atoms with Crippen molar-refractivity contribution in [1.29, 1.82) is 0 Å². The Morgan fingerprint density at radius 2 is 2.40 bits per heavy atom. The highest BCUT2D eigenvalue weighted by Gasteiger charge is 2.13. The van der Waals surface area contributed by atoms with Gasteiger partial charge in [-0.15, -0.1) is 0 Å². The summed E-state index contributed by atoms with van der Waals surface area (Å²) < 4.78 is 0. The van der Waals surface area contributed by atoms with Crippen molar-refractivity contribution in [2.75, 3.05) is 0 Å². The summed E-state index contributed by atoms with van der Waals surface area (Å²) in [4.78, 5) is 15.1. The van der Waals surface area contributed by atoms with Gasteiger partial charge in [0.25, 0.3) is 0 Å². The van der Waals surface area contributed by atoms with Gasteiger partial charge in [0.1, 0.15) is 0 Å². The number of rotatable bonds is 2. The van der Waals surface area contributed by atoms with E-state index in [0.29, 0.717) is 0 Å². The summed E-state index contributed by atoms with van der Waals surface area (Å²) in [6.07, 6.45) is 4.13. The first-order valence-electron chi connectivity index (χ1n) is 3.46. The van der Waals surface area contributed by atoms with Crippen molar-refractivity contribution in [3.05, 3.63) is 11.8 Å². The van der Waals surface area contributed by atoms with Crippen molar-refractivity contribution < 1.29 is 4.79 Å². The zero-order valence-electron chi connectivity index (χ0n) is 6.29. The number of carbonyl (C=O) groups is 1. The van der Waals surface area contributed by atoms with Gasteiger partial charge in [-0.2, -0.15) is 0 Å². The van der Waals surface area contributed by atoms with E-state index >= 15 is 0 Å². The highest BCUT2D eigenvalue weighted by molar-refractivity contribution is 6.00. The van der Waals surface area contributed by atoms with E-state index in [1.54, 1.807) is 12.4 Å². The number of Topliss-reactive ketones (excluding diaryl/α,β-unsaturated/α-hetero) is 1. The summed E-state index contributed by atoms with van der Waals surface area (Å²) in [5, 5.41) is 0. The molecular weight excluding hydrogens is 126 g/mol. The highest BCUT2D eigenvalue weighted by atomic mass is 16.1. The minimum absolute atomic E-state index is 0.105. The highest BCUT2D eigenvalue weighted by Crippen LogP contribution is 2.12. The van der Waals surface area contributed by atoms with Crippen LogP contribution in [0.2, 0.25) is 0 Å². The Hall–Kier alpha value is -0.920. The van der Waals surface area contributed by atoms with Crippen LogP contribution in [-0.2, 0) is 4.79 Å². The Labute approximate surface area is 60.7 Å². The van der Waals surface area contributed by atoms with Gasteiger partial charge in [0.05, 0.1) is 0 Å². The lowest BCUT2D eigenvalue weighted by molar-refractivity contribution is -0.118. The van der Waals surface area contributed by atoms with Crippen molar-refractivity contribution in [3.8, 4) is 0 Å². The maximum atomic E-state index is 11.2. The molecule has 0 fully saturated rings. The Kier molecular flexibility index (Phi) is 2.00. The lowest BCUT2D eigenvalue weighted by Crippen LogP contribution is -2.08. The lowest BCUT2D eigenvalue weighted by atomic mass is 10.0. The number of carbonyl (C=O) groups excluding carboxylic acids is 1. The second-order valence-corrected chi connectivity index (χ2v) is 2.71. The molecule has 0 bridgehead atoms. The quantitative estimate of drug-likeness (QED) is 0.568. The smallest absolute Gasteiger partial charge is 0.163 e. The molecule has 0 amide bonds. The van der Waals surface area contributed by atoms with Crippen LogP contribution in [0.25, 0.3) is 0 Å². The van der Waals surface area contributed by atoms with Crippen molar-refractivity contribution in [2.45, 2.75) is 20.3 Å². The molecule has 0 saturated heterocycles. The maximum Gasteiger partial charge on any atom is 0.163 e. The molecule has 0 aromatic carbocycles. The zero-order chi connectivity index (χ0) is 7.56. The minimum atomic E-state index is 0.105. The Balaban J connectivity index is 2.59. The second kappa shape index (κ2) is 2.78. The average molecular weight is 137 g/mol. The first-order chi connectivity index (χ1) is 4.72. The van der Waals surface area contributed by atoms with E-state index in [-0.39, 0.29) is 11.7 Å². The van der Waals surface area contributed by atoms with Crippen LogP contribution in [-0.4, -0.2) is 12.0 Å². The summed E-state index contributed by atoms with van der Waals surface area (Å²) in [5.74, 6) is 0.324. The van der Waals surface area contributed by atoms with E-state index in [0.717, 1.165) is 12.0 Å². The summed E-state index contributed by atoms with van der Waals surface area (Å²) in [7, 11) is 0. The van der Waals surface area contributed by atoms with Crippen molar-refractivity contribution in [2.24, 2.45) is 10.9 Å². The van der Waals surface area contributed by atoms with Crippen LogP contribution in [0.5, 0.6) is 0 Å². The summed E-state index contributed by atoms with van der Waals surface area (Å²) >= 11 is 0. The third-order valence-electron chi connectivity index (χ3n) is 1.49. The lowest BCUT2D eigenvalue weighted by Gasteiger charge is -2.01. The molecule has 1 aliphatic rings. The molecule has 0 aliphatic carbocycles. The maximum absolute atomic E-state index is 11.2. The molecule has 0 aromatic rings. The molecule has 10 heavy (non-hydrogen) atoms. The van der Waals surface area contributed by atoms with Crippen LogP contribution in [0.15, 0.2) is 16.8 Å². The number of aliphatic imine (C=N–C) groups is 1. The number of hydrogen-bond acceptors (Lipinski definition) is 2. The first-order valence-corrected chi connectivity index (χ1v) is 3.46. The van der Waals surface area contributed by atoms with Gasteiger partial charge < -0.3 is 0 Å². The molecule has 0 saturated carbocycles. The Morgan fingerprint density at radius 1 is 1.70 bits per heavy atom. The molecule has 0 radical (unpaired) electrons. The van der Waals surface area contributed by atoms with Gasteiger partial charge >= 0.3 is 0 Å². The molecule has 54 valence electrons. The van der Waals surface area contributed by atoms with E-state index in [1.807, 2.05) is 13.8 Å². The normalized spacial score (nSPS) is 16.1. The van der Waals surface area contributed by atoms with Gasteiger partial charge in [-0.25, -0.2) is 0 Å². The van der Waals surface area contributed by atoms with Crippen LogP contribution < -0.4 is 0 Å². The van der Waals surface area contributed by atoms with Crippen molar-refractivity contribution >= 4 is 12.0 Å². The molecule has 2 nitrogen and oxygen atoms in total. The third kappa shape index (κ3) is 1.32. The van der Waals surface area contributed by atoms with Gasteiger partial charge in [0.15, 0.2) is 5.78 Å². The predicted octanol–water partition coefficient (Wildman–Crippen LogP) is 1.57. The number of hydrogen-bond donors (Lipinski definition) is 0. The number of nitrogens with zero attached hydrogens (tertiary/aromatic N) is 1. The van der Waals surface area contributed by atoms with Gasteiger partial charge in [0, 0.05) is 30.3 Å². The molecule has 0 atom stereocenters. The van der Waals surface area contributed by atoms with Crippen LogP contribution >= 0.6 is 0 Å². The standard InChI is InChI=1S/C8H11NO/c1-6(2)8(10)7-3-4-9-5-7/h4-6H,3H2,1-2H3. The fourth-order valence-corrected chi connectivity index (χ4v) is 0.881. The van der Waals surface area contributed by atoms with Crippen molar-refractivity contribution in [3.63, 3.8) is 0 Å². The number of ketones is 1. The van der Waals surface area contributed by atoms with Gasteiger partial charge in [-0.05, 0) is 0 Å². The monoisotopic (exact) mass is 137 g/mol. The van der Waals surface area contributed by atoms with Gasteiger partial charge in [-0.1, -0.05) is 13.8 Å². The Bertz CT molecular complexity index is 201. The van der Waals surface area contributed by atoms with Gasteiger partial charge in [0.2, 0.25) is 0 Å². The first kappa shape index (κ1) is 7.19. The third-order valence-corrected chi connectivity index (χ3v) is 1.49.